The Balaban J connectivity index is 1.87. The van der Waals surface area contributed by atoms with Crippen LogP contribution in [-0.4, -0.2) is 65.8 Å². The second-order valence-electron chi connectivity index (χ2n) is 6.23. The molecule has 2 N–H and O–H groups in total. The van der Waals surface area contributed by atoms with Crippen molar-refractivity contribution in [2.45, 2.75) is 19.9 Å². The summed E-state index contributed by atoms with van der Waals surface area (Å²) in [6.07, 6.45) is 0.938. The summed E-state index contributed by atoms with van der Waals surface area (Å²) in [5, 5.41) is 20.7. The number of nitrogens with zero attached hydrogens (tertiary/aromatic N) is 2. The molecule has 0 aromatic carbocycles. The summed E-state index contributed by atoms with van der Waals surface area (Å²) in [5.74, 6) is 0.104. The number of carbonyl (C=O) groups is 1. The molecule has 5 nitrogen and oxygen atoms in total. The predicted molar refractivity (Wildman–Crippen MR) is 83.2 cm³/mol. The highest BCUT2D eigenvalue weighted by atomic mass is 32.1. The van der Waals surface area contributed by atoms with Gasteiger partial charge in [0.05, 0.1) is 19.8 Å². The number of fused-ring (bicyclic) bond motifs is 1. The zero-order valence-electron chi connectivity index (χ0n) is 12.7. The van der Waals surface area contributed by atoms with Gasteiger partial charge in [-0.3, -0.25) is 9.69 Å². The van der Waals surface area contributed by atoms with Crippen LogP contribution >= 0.6 is 11.3 Å². The van der Waals surface area contributed by atoms with Crippen LogP contribution in [0.2, 0.25) is 0 Å². The third-order valence-electron chi connectivity index (χ3n) is 3.98. The van der Waals surface area contributed by atoms with Crippen LogP contribution < -0.4 is 0 Å². The molecular weight excluding hydrogens is 288 g/mol. The second kappa shape index (κ2) is 6.87. The quantitative estimate of drug-likeness (QED) is 0.805. The van der Waals surface area contributed by atoms with Crippen molar-refractivity contribution in [3.63, 3.8) is 0 Å². The van der Waals surface area contributed by atoms with Gasteiger partial charge in [-0.05, 0) is 30.5 Å². The lowest BCUT2D eigenvalue weighted by atomic mass is 9.92. The predicted octanol–water partition coefficient (Wildman–Crippen LogP) is 0.555. The molecule has 0 saturated heterocycles. The van der Waals surface area contributed by atoms with Gasteiger partial charge in [-0.15, -0.1) is 11.3 Å². The monoisotopic (exact) mass is 312 g/mol. The van der Waals surface area contributed by atoms with Crippen molar-refractivity contribution in [1.29, 1.82) is 0 Å². The van der Waals surface area contributed by atoms with Gasteiger partial charge in [0, 0.05) is 29.9 Å². The molecule has 0 unspecified atom stereocenters. The van der Waals surface area contributed by atoms with Crippen LogP contribution in [0.5, 0.6) is 0 Å². The largest absolute Gasteiger partial charge is 0.396 e. The molecule has 0 fully saturated rings. The molecule has 0 saturated carbocycles. The van der Waals surface area contributed by atoms with Gasteiger partial charge in [0.15, 0.2) is 0 Å². The molecule has 2 rings (SSSR count). The first-order chi connectivity index (χ1) is 9.97. The molecule has 1 aromatic rings. The molecule has 0 radical (unpaired) electrons. The maximum atomic E-state index is 12.4. The highest BCUT2D eigenvalue weighted by molar-refractivity contribution is 7.10. The lowest BCUT2D eigenvalue weighted by Crippen LogP contribution is -2.45. The van der Waals surface area contributed by atoms with Gasteiger partial charge < -0.3 is 15.1 Å². The fraction of sp³-hybridized carbons (Fsp3) is 0.667. The average Bonchev–Trinajstić information content (AvgIpc) is 2.94. The normalized spacial score (nSPS) is 15.4. The van der Waals surface area contributed by atoms with E-state index in [9.17, 15) is 15.0 Å². The lowest BCUT2D eigenvalue weighted by Gasteiger charge is -2.32. The van der Waals surface area contributed by atoms with E-state index in [1.54, 1.807) is 11.3 Å². The summed E-state index contributed by atoms with van der Waals surface area (Å²) in [4.78, 5) is 17.5. The Kier molecular flexibility index (Phi) is 5.37. The summed E-state index contributed by atoms with van der Waals surface area (Å²) >= 11 is 1.76. The SMILES string of the molecule is CN(CC(=O)N1CCc2sccc2C1)CC(C)(CO)CO. The van der Waals surface area contributed by atoms with E-state index in [1.807, 2.05) is 23.8 Å². The second-order valence-corrected chi connectivity index (χ2v) is 7.23. The lowest BCUT2D eigenvalue weighted by molar-refractivity contribution is -0.133. The zero-order chi connectivity index (χ0) is 15.5. The fourth-order valence-electron chi connectivity index (χ4n) is 2.65. The Morgan fingerprint density at radius 3 is 2.86 bits per heavy atom. The summed E-state index contributed by atoms with van der Waals surface area (Å²) in [5.41, 5.74) is 0.690. The number of aliphatic hydroxyl groups is 2. The van der Waals surface area contributed by atoms with Crippen LogP contribution in [0.1, 0.15) is 17.4 Å². The smallest absolute Gasteiger partial charge is 0.237 e. The molecular formula is C15H24N2O3S. The highest BCUT2D eigenvalue weighted by Gasteiger charge is 2.27. The average molecular weight is 312 g/mol. The fourth-order valence-corrected chi connectivity index (χ4v) is 3.54. The summed E-state index contributed by atoms with van der Waals surface area (Å²) in [7, 11) is 1.85. The number of rotatable bonds is 6. The van der Waals surface area contributed by atoms with Gasteiger partial charge >= 0.3 is 0 Å². The van der Waals surface area contributed by atoms with Crippen LogP contribution in [0.4, 0.5) is 0 Å². The van der Waals surface area contributed by atoms with Gasteiger partial charge in [0.2, 0.25) is 5.91 Å². The molecule has 1 amide bonds. The maximum Gasteiger partial charge on any atom is 0.237 e. The molecule has 2 heterocycles. The third-order valence-corrected chi connectivity index (χ3v) is 5.00. The first-order valence-corrected chi connectivity index (χ1v) is 8.09. The maximum absolute atomic E-state index is 12.4. The zero-order valence-corrected chi connectivity index (χ0v) is 13.5. The Hall–Kier alpha value is -0.950. The number of thiophene rings is 1. The minimum atomic E-state index is -0.572. The number of aliphatic hydroxyl groups excluding tert-OH is 2. The van der Waals surface area contributed by atoms with Crippen molar-refractivity contribution < 1.29 is 15.0 Å². The van der Waals surface area contributed by atoms with Crippen LogP contribution in [0, 0.1) is 5.41 Å². The minimum absolute atomic E-state index is 0.0932. The van der Waals surface area contributed by atoms with E-state index in [0.29, 0.717) is 19.6 Å². The number of hydrogen-bond donors (Lipinski definition) is 2. The Bertz CT molecular complexity index is 485. The van der Waals surface area contributed by atoms with Gasteiger partial charge in [0.25, 0.3) is 0 Å². The van der Waals surface area contributed by atoms with E-state index >= 15 is 0 Å². The van der Waals surface area contributed by atoms with Crippen molar-refractivity contribution in [1.82, 2.24) is 9.80 Å². The molecule has 1 aromatic heterocycles. The van der Waals surface area contributed by atoms with E-state index < -0.39 is 5.41 Å². The molecule has 118 valence electrons. The van der Waals surface area contributed by atoms with Crippen molar-refractivity contribution in [3.05, 3.63) is 21.9 Å². The topological polar surface area (TPSA) is 64.0 Å². The minimum Gasteiger partial charge on any atom is -0.396 e. The number of hydrogen-bond acceptors (Lipinski definition) is 5. The van der Waals surface area contributed by atoms with Crippen LogP contribution in [0.25, 0.3) is 0 Å². The van der Waals surface area contributed by atoms with Crippen LogP contribution in [0.3, 0.4) is 0 Å². The standard InChI is InChI=1S/C15H24N2O3S/c1-15(10-18,11-19)9-16(2)8-14(20)17-5-3-13-12(7-17)4-6-21-13/h4,6,18-19H,3,5,7-11H2,1-2H3. The number of carbonyl (C=O) groups excluding carboxylic acids is 1. The van der Waals surface area contributed by atoms with Gasteiger partial charge in [-0.2, -0.15) is 0 Å². The van der Waals surface area contributed by atoms with Crippen molar-refractivity contribution in [2.24, 2.45) is 5.41 Å². The highest BCUT2D eigenvalue weighted by Crippen LogP contribution is 2.24. The molecule has 21 heavy (non-hydrogen) atoms. The Labute approximate surface area is 129 Å². The van der Waals surface area contributed by atoms with Gasteiger partial charge in [-0.1, -0.05) is 6.92 Å². The third kappa shape index (κ3) is 4.03. The summed E-state index contributed by atoms with van der Waals surface area (Å²) < 4.78 is 0. The van der Waals surface area contributed by atoms with Gasteiger partial charge in [0.1, 0.15) is 0 Å². The van der Waals surface area contributed by atoms with Gasteiger partial charge in [-0.25, -0.2) is 0 Å². The summed E-state index contributed by atoms with van der Waals surface area (Å²) in [6.45, 7) is 3.90. The van der Waals surface area contributed by atoms with Crippen molar-refractivity contribution >= 4 is 17.2 Å². The number of amides is 1. The Morgan fingerprint density at radius 1 is 1.48 bits per heavy atom. The molecule has 6 heteroatoms. The van der Waals surface area contributed by atoms with E-state index in [0.717, 1.165) is 13.0 Å². The molecule has 0 spiro atoms. The molecule has 1 aliphatic rings. The van der Waals surface area contributed by atoms with Crippen LogP contribution in [0.15, 0.2) is 11.4 Å². The molecule has 0 atom stereocenters. The molecule has 0 bridgehead atoms. The van der Waals surface area contributed by atoms with E-state index in [2.05, 4.69) is 11.4 Å². The van der Waals surface area contributed by atoms with E-state index in [1.165, 1.54) is 10.4 Å². The first-order valence-electron chi connectivity index (χ1n) is 7.21. The first kappa shape index (κ1) is 16.4. The molecule has 1 aliphatic heterocycles. The van der Waals surface area contributed by atoms with Crippen molar-refractivity contribution in [2.75, 3.05) is 39.9 Å². The summed E-state index contributed by atoms with van der Waals surface area (Å²) in [6, 6.07) is 2.09. The van der Waals surface area contributed by atoms with E-state index in [-0.39, 0.29) is 19.1 Å². The van der Waals surface area contributed by atoms with Crippen LogP contribution in [-0.2, 0) is 17.8 Å². The van der Waals surface area contributed by atoms with Crippen molar-refractivity contribution in [3.8, 4) is 0 Å². The molecule has 0 aliphatic carbocycles. The Morgan fingerprint density at radius 2 is 2.19 bits per heavy atom. The number of likely N-dealkylation sites (N-methyl/N-ethyl adjacent to an activating group) is 1. The van der Waals surface area contributed by atoms with E-state index in [4.69, 9.17) is 0 Å².